The Hall–Kier alpha value is -2.16. The van der Waals surface area contributed by atoms with Crippen LogP contribution in [0.5, 0.6) is 0 Å². The lowest BCUT2D eigenvalue weighted by Crippen LogP contribution is -2.18. The highest BCUT2D eigenvalue weighted by Crippen LogP contribution is 2.22. The number of hydrogen-bond acceptors (Lipinski definition) is 2. The number of halogens is 6. The van der Waals surface area contributed by atoms with Crippen LogP contribution in [0.2, 0.25) is 5.02 Å². The minimum absolute atomic E-state index is 0.0463. The highest BCUT2D eigenvalue weighted by molar-refractivity contribution is 6.34. The minimum Gasteiger partial charge on any atom is -0.319 e. The molecule has 1 amide bonds. The quantitative estimate of drug-likeness (QED) is 0.685. The topological polar surface area (TPSA) is 46.9 Å². The molecule has 1 N–H and O–H groups in total. The summed E-state index contributed by atoms with van der Waals surface area (Å²) in [6.07, 6.45) is -2.53. The summed E-state index contributed by atoms with van der Waals surface area (Å²) in [5.41, 5.74) is -0.404. The maximum absolute atomic E-state index is 13.1. The van der Waals surface area contributed by atoms with Crippen molar-refractivity contribution in [2.24, 2.45) is 0 Å². The van der Waals surface area contributed by atoms with Crippen LogP contribution in [-0.2, 0) is 6.54 Å². The number of nitrogens with zero attached hydrogens (tertiary/aromatic N) is 2. The van der Waals surface area contributed by atoms with E-state index in [-0.39, 0.29) is 16.3 Å². The van der Waals surface area contributed by atoms with E-state index in [1.807, 2.05) is 0 Å². The van der Waals surface area contributed by atoms with E-state index in [0.29, 0.717) is 16.8 Å². The zero-order chi connectivity index (χ0) is 16.5. The van der Waals surface area contributed by atoms with E-state index in [2.05, 4.69) is 10.4 Å². The Kier molecular flexibility index (Phi) is 4.36. The summed E-state index contributed by atoms with van der Waals surface area (Å²) in [7, 11) is 0. The van der Waals surface area contributed by atoms with Gasteiger partial charge in [0.2, 0.25) is 0 Å². The third kappa shape index (κ3) is 3.94. The summed E-state index contributed by atoms with van der Waals surface area (Å²) in [6.45, 7) is -1.32. The maximum Gasteiger partial charge on any atom is 0.408 e. The summed E-state index contributed by atoms with van der Waals surface area (Å²) in [6, 6.07) is 1.21. The molecule has 10 heteroatoms. The fraction of sp³-hybridized carbons (Fsp3) is 0.167. The van der Waals surface area contributed by atoms with Crippen LogP contribution in [0.4, 0.5) is 27.6 Å². The second-order valence-electron chi connectivity index (χ2n) is 4.24. The van der Waals surface area contributed by atoms with Gasteiger partial charge in [-0.3, -0.25) is 9.48 Å². The van der Waals surface area contributed by atoms with Crippen molar-refractivity contribution in [3.05, 3.63) is 46.7 Å². The van der Waals surface area contributed by atoms with Crippen molar-refractivity contribution < 1.29 is 26.7 Å². The number of carbonyl (C=O) groups is 1. The lowest BCUT2D eigenvalue weighted by Gasteiger charge is -2.06. The van der Waals surface area contributed by atoms with Crippen molar-refractivity contribution in [1.82, 2.24) is 9.78 Å². The van der Waals surface area contributed by atoms with Crippen molar-refractivity contribution in [3.8, 4) is 0 Å². The first-order chi connectivity index (χ1) is 10.2. The van der Waals surface area contributed by atoms with E-state index in [0.717, 1.165) is 12.4 Å². The first kappa shape index (κ1) is 16.2. The van der Waals surface area contributed by atoms with Crippen LogP contribution in [0, 0.1) is 11.6 Å². The summed E-state index contributed by atoms with van der Waals surface area (Å²) < 4.78 is 63.1. The van der Waals surface area contributed by atoms with Gasteiger partial charge in [0, 0.05) is 6.20 Å². The SMILES string of the molecule is O=C(Nc1cnn(CC(F)(F)F)c1)c1cc(F)c(F)cc1Cl. The normalized spacial score (nSPS) is 11.5. The zero-order valence-electron chi connectivity index (χ0n) is 10.6. The second-order valence-corrected chi connectivity index (χ2v) is 4.65. The van der Waals surface area contributed by atoms with Gasteiger partial charge in [0.15, 0.2) is 11.6 Å². The number of carbonyl (C=O) groups excluding carboxylic acids is 1. The number of rotatable bonds is 3. The molecule has 22 heavy (non-hydrogen) atoms. The van der Waals surface area contributed by atoms with Gasteiger partial charge in [-0.2, -0.15) is 18.3 Å². The largest absolute Gasteiger partial charge is 0.408 e. The molecule has 0 atom stereocenters. The molecule has 0 radical (unpaired) electrons. The van der Waals surface area contributed by atoms with E-state index in [1.165, 1.54) is 0 Å². The van der Waals surface area contributed by atoms with Crippen LogP contribution in [0.1, 0.15) is 10.4 Å². The molecule has 0 saturated carbocycles. The van der Waals surface area contributed by atoms with Crippen molar-refractivity contribution in [1.29, 1.82) is 0 Å². The molecule has 0 fully saturated rings. The molecular weight excluding hydrogens is 333 g/mol. The molecular formula is C12H7ClF5N3O. The zero-order valence-corrected chi connectivity index (χ0v) is 11.3. The lowest BCUT2D eigenvalue weighted by atomic mass is 10.2. The molecule has 1 aromatic carbocycles. The Morgan fingerprint density at radius 3 is 2.55 bits per heavy atom. The Morgan fingerprint density at radius 1 is 1.27 bits per heavy atom. The number of amides is 1. The smallest absolute Gasteiger partial charge is 0.319 e. The van der Waals surface area contributed by atoms with Gasteiger partial charge in [0.25, 0.3) is 5.91 Å². The second kappa shape index (κ2) is 5.91. The van der Waals surface area contributed by atoms with Gasteiger partial charge in [0.1, 0.15) is 6.54 Å². The van der Waals surface area contributed by atoms with Crippen molar-refractivity contribution in [2.75, 3.05) is 5.32 Å². The average molecular weight is 340 g/mol. The van der Waals surface area contributed by atoms with Crippen LogP contribution in [0.25, 0.3) is 0 Å². The molecule has 0 unspecified atom stereocenters. The molecule has 2 aromatic rings. The molecule has 0 aliphatic rings. The Balaban J connectivity index is 2.14. The molecule has 4 nitrogen and oxygen atoms in total. The summed E-state index contributed by atoms with van der Waals surface area (Å²) in [4.78, 5) is 11.8. The van der Waals surface area contributed by atoms with E-state index in [9.17, 15) is 26.7 Å². The van der Waals surface area contributed by atoms with Crippen molar-refractivity contribution >= 4 is 23.2 Å². The molecule has 0 aliphatic carbocycles. The van der Waals surface area contributed by atoms with E-state index in [1.54, 1.807) is 0 Å². The van der Waals surface area contributed by atoms with Crippen molar-refractivity contribution in [3.63, 3.8) is 0 Å². The number of hydrogen-bond donors (Lipinski definition) is 1. The Labute approximate surface area is 125 Å². The van der Waals surface area contributed by atoms with Gasteiger partial charge < -0.3 is 5.32 Å². The number of anilines is 1. The first-order valence-corrected chi connectivity index (χ1v) is 6.08. The molecule has 0 bridgehead atoms. The lowest BCUT2D eigenvalue weighted by molar-refractivity contribution is -0.142. The summed E-state index contributed by atoms with van der Waals surface area (Å²) in [5, 5.41) is 5.27. The maximum atomic E-state index is 13.1. The Bertz CT molecular complexity index is 713. The number of aromatic nitrogens is 2. The fourth-order valence-electron chi connectivity index (χ4n) is 1.59. The van der Waals surface area contributed by atoms with Gasteiger partial charge >= 0.3 is 6.18 Å². The van der Waals surface area contributed by atoms with Crippen LogP contribution in [-0.4, -0.2) is 21.9 Å². The standard InChI is InChI=1S/C12H7ClF5N3O/c13-8-2-10(15)9(14)1-7(8)11(22)20-6-3-19-21(4-6)5-12(16,17)18/h1-4H,5H2,(H,20,22). The predicted octanol–water partition coefficient (Wildman–Crippen LogP) is 3.63. The predicted molar refractivity (Wildman–Crippen MR) is 67.6 cm³/mol. The minimum atomic E-state index is -4.46. The van der Waals surface area contributed by atoms with Crippen LogP contribution >= 0.6 is 11.6 Å². The first-order valence-electron chi connectivity index (χ1n) is 5.71. The molecule has 1 aromatic heterocycles. The highest BCUT2D eigenvalue weighted by atomic mass is 35.5. The van der Waals surface area contributed by atoms with E-state index in [4.69, 9.17) is 11.6 Å². The van der Waals surface area contributed by atoms with E-state index < -0.39 is 30.3 Å². The van der Waals surface area contributed by atoms with Gasteiger partial charge in [-0.25, -0.2) is 8.78 Å². The summed E-state index contributed by atoms with van der Waals surface area (Å²) in [5.74, 6) is -3.41. The molecule has 2 rings (SSSR count). The van der Waals surface area contributed by atoms with Crippen LogP contribution in [0.3, 0.4) is 0 Å². The number of nitrogens with one attached hydrogen (secondary N) is 1. The molecule has 0 saturated heterocycles. The monoisotopic (exact) mass is 339 g/mol. The molecule has 0 aliphatic heterocycles. The van der Waals surface area contributed by atoms with Gasteiger partial charge in [-0.15, -0.1) is 0 Å². The summed E-state index contributed by atoms with van der Waals surface area (Å²) >= 11 is 5.62. The third-order valence-corrected chi connectivity index (χ3v) is 2.80. The fourth-order valence-corrected chi connectivity index (χ4v) is 1.83. The molecule has 1 heterocycles. The van der Waals surface area contributed by atoms with Gasteiger partial charge in [0.05, 0.1) is 22.5 Å². The molecule has 118 valence electrons. The Morgan fingerprint density at radius 2 is 1.91 bits per heavy atom. The number of benzene rings is 1. The number of alkyl halides is 3. The van der Waals surface area contributed by atoms with Gasteiger partial charge in [-0.1, -0.05) is 11.6 Å². The molecule has 0 spiro atoms. The van der Waals surface area contributed by atoms with Crippen LogP contribution in [0.15, 0.2) is 24.5 Å². The van der Waals surface area contributed by atoms with Crippen LogP contribution < -0.4 is 5.32 Å². The highest BCUT2D eigenvalue weighted by Gasteiger charge is 2.28. The van der Waals surface area contributed by atoms with Gasteiger partial charge in [-0.05, 0) is 12.1 Å². The average Bonchev–Trinajstić information content (AvgIpc) is 2.78. The third-order valence-electron chi connectivity index (χ3n) is 2.49. The van der Waals surface area contributed by atoms with Crippen molar-refractivity contribution in [2.45, 2.75) is 12.7 Å². The van der Waals surface area contributed by atoms with E-state index >= 15 is 0 Å².